The standard InChI is InChI=1S/C28H42O8/c1-17(2)13-9-5-7-11-15-19-21(25(29)30)23(27(33)34)20(16-12-8-6-10-14-18(3)4)24(28(35)36)22(19)26(31)32/h17-18H,5-16H2,1-4H3,(H,29,30)(H,31,32)(H,33,34)(H,35,36). The van der Waals surface area contributed by atoms with Gasteiger partial charge in [-0.3, -0.25) is 0 Å². The van der Waals surface area contributed by atoms with Gasteiger partial charge < -0.3 is 20.4 Å². The smallest absolute Gasteiger partial charge is 0.336 e. The van der Waals surface area contributed by atoms with E-state index < -0.39 is 46.1 Å². The molecular formula is C28H42O8. The summed E-state index contributed by atoms with van der Waals surface area (Å²) in [6.45, 7) is 8.47. The van der Waals surface area contributed by atoms with Crippen LogP contribution in [0.5, 0.6) is 0 Å². The maximum Gasteiger partial charge on any atom is 0.336 e. The molecule has 8 nitrogen and oxygen atoms in total. The van der Waals surface area contributed by atoms with Crippen LogP contribution >= 0.6 is 0 Å². The van der Waals surface area contributed by atoms with Crippen molar-refractivity contribution < 1.29 is 39.6 Å². The summed E-state index contributed by atoms with van der Waals surface area (Å²) in [6.07, 6.45) is 8.03. The number of hydrogen-bond donors (Lipinski definition) is 4. The molecule has 0 heterocycles. The largest absolute Gasteiger partial charge is 0.478 e. The van der Waals surface area contributed by atoms with E-state index >= 15 is 0 Å². The lowest BCUT2D eigenvalue weighted by molar-refractivity contribution is 0.0632. The summed E-state index contributed by atoms with van der Waals surface area (Å²) in [5.74, 6) is -5.11. The second-order valence-corrected chi connectivity index (χ2v) is 10.4. The summed E-state index contributed by atoms with van der Waals surface area (Å²) >= 11 is 0. The molecule has 0 aliphatic heterocycles. The predicted molar refractivity (Wildman–Crippen MR) is 138 cm³/mol. The Morgan fingerprint density at radius 2 is 0.722 bits per heavy atom. The fourth-order valence-electron chi connectivity index (χ4n) is 4.71. The molecule has 8 heteroatoms. The molecule has 0 aliphatic carbocycles. The first-order valence-corrected chi connectivity index (χ1v) is 13.0. The van der Waals surface area contributed by atoms with E-state index in [1.165, 1.54) is 0 Å². The second kappa shape index (κ2) is 15.3. The monoisotopic (exact) mass is 506 g/mol. The highest BCUT2D eigenvalue weighted by Gasteiger charge is 2.35. The van der Waals surface area contributed by atoms with Crippen LogP contribution in [0.2, 0.25) is 0 Å². The number of benzene rings is 1. The van der Waals surface area contributed by atoms with Crippen molar-refractivity contribution in [3.63, 3.8) is 0 Å². The first kappa shape index (κ1) is 31.1. The van der Waals surface area contributed by atoms with Gasteiger partial charge in [0.05, 0.1) is 22.3 Å². The molecule has 1 aromatic rings. The molecular weight excluding hydrogens is 464 g/mol. The molecule has 0 saturated carbocycles. The third-order valence-corrected chi connectivity index (χ3v) is 6.48. The van der Waals surface area contributed by atoms with Gasteiger partial charge in [0, 0.05) is 0 Å². The molecule has 202 valence electrons. The summed E-state index contributed by atoms with van der Waals surface area (Å²) in [5.41, 5.74) is -2.81. The van der Waals surface area contributed by atoms with Gasteiger partial charge in [0.25, 0.3) is 0 Å². The maximum atomic E-state index is 12.2. The molecule has 0 amide bonds. The van der Waals surface area contributed by atoms with Crippen LogP contribution in [0.1, 0.15) is 144 Å². The highest BCUT2D eigenvalue weighted by atomic mass is 16.4. The molecule has 0 unspecified atom stereocenters. The van der Waals surface area contributed by atoms with Gasteiger partial charge in [-0.2, -0.15) is 0 Å². The lowest BCUT2D eigenvalue weighted by Gasteiger charge is -2.20. The average molecular weight is 507 g/mol. The van der Waals surface area contributed by atoms with Crippen LogP contribution in [-0.2, 0) is 12.8 Å². The van der Waals surface area contributed by atoms with Crippen molar-refractivity contribution in [2.24, 2.45) is 11.8 Å². The number of carbonyl (C=O) groups is 4. The third-order valence-electron chi connectivity index (χ3n) is 6.48. The lowest BCUT2D eigenvalue weighted by atomic mass is 9.82. The summed E-state index contributed by atoms with van der Waals surface area (Å²) in [7, 11) is 0. The first-order chi connectivity index (χ1) is 16.9. The van der Waals surface area contributed by atoms with E-state index in [0.29, 0.717) is 37.5 Å². The van der Waals surface area contributed by atoms with Gasteiger partial charge in [0.2, 0.25) is 0 Å². The molecule has 0 radical (unpaired) electrons. The zero-order valence-corrected chi connectivity index (χ0v) is 22.1. The fraction of sp³-hybridized carbons (Fsp3) is 0.643. The third kappa shape index (κ3) is 9.28. The number of aromatic carboxylic acids is 4. The number of rotatable bonds is 18. The molecule has 0 aromatic heterocycles. The van der Waals surface area contributed by atoms with E-state index in [9.17, 15) is 39.6 Å². The van der Waals surface area contributed by atoms with Crippen molar-refractivity contribution in [1.82, 2.24) is 0 Å². The molecule has 0 fully saturated rings. The van der Waals surface area contributed by atoms with E-state index in [0.717, 1.165) is 38.5 Å². The van der Waals surface area contributed by atoms with Gasteiger partial charge in [-0.05, 0) is 48.6 Å². The van der Waals surface area contributed by atoms with Gasteiger partial charge in [0.15, 0.2) is 0 Å². The lowest BCUT2D eigenvalue weighted by Crippen LogP contribution is -2.24. The zero-order valence-electron chi connectivity index (χ0n) is 22.1. The highest BCUT2D eigenvalue weighted by molar-refractivity contribution is 6.12. The van der Waals surface area contributed by atoms with E-state index in [4.69, 9.17) is 0 Å². The first-order valence-electron chi connectivity index (χ1n) is 13.0. The number of unbranched alkanes of at least 4 members (excludes halogenated alkanes) is 6. The Hall–Kier alpha value is -2.90. The van der Waals surface area contributed by atoms with Gasteiger partial charge >= 0.3 is 23.9 Å². The normalized spacial score (nSPS) is 11.3. The van der Waals surface area contributed by atoms with Crippen LogP contribution in [0, 0.1) is 11.8 Å². The van der Waals surface area contributed by atoms with E-state index in [2.05, 4.69) is 27.7 Å². The SMILES string of the molecule is CC(C)CCCCCCc1c(C(=O)O)c(C(=O)O)c(CCCCCCC(C)C)c(C(=O)O)c1C(=O)O. The van der Waals surface area contributed by atoms with E-state index in [1.54, 1.807) is 0 Å². The Kier molecular flexibility index (Phi) is 13.2. The van der Waals surface area contributed by atoms with E-state index in [-0.39, 0.29) is 24.0 Å². The number of carboxylic acids is 4. The number of carboxylic acid groups (broad SMARTS) is 4. The second-order valence-electron chi connectivity index (χ2n) is 10.4. The van der Waals surface area contributed by atoms with Crippen LogP contribution in [-0.4, -0.2) is 44.3 Å². The Morgan fingerprint density at radius 1 is 0.472 bits per heavy atom. The highest BCUT2D eigenvalue weighted by Crippen LogP contribution is 2.32. The topological polar surface area (TPSA) is 149 Å². The predicted octanol–water partition coefficient (Wildman–Crippen LogP) is 6.78. The van der Waals surface area contributed by atoms with Gasteiger partial charge in [-0.15, -0.1) is 0 Å². The molecule has 1 rings (SSSR count). The van der Waals surface area contributed by atoms with Gasteiger partial charge in [0.1, 0.15) is 0 Å². The van der Waals surface area contributed by atoms with Crippen molar-refractivity contribution >= 4 is 23.9 Å². The van der Waals surface area contributed by atoms with Crippen LogP contribution in [0.3, 0.4) is 0 Å². The molecule has 0 aliphatic rings. The Morgan fingerprint density at radius 3 is 0.944 bits per heavy atom. The average Bonchev–Trinajstić information content (AvgIpc) is 2.76. The van der Waals surface area contributed by atoms with Gasteiger partial charge in [-0.1, -0.05) is 79.1 Å². The molecule has 0 atom stereocenters. The minimum atomic E-state index is -1.56. The zero-order chi connectivity index (χ0) is 27.4. The van der Waals surface area contributed by atoms with E-state index in [1.807, 2.05) is 0 Å². The molecule has 0 bridgehead atoms. The Bertz CT molecular complexity index is 802. The van der Waals surface area contributed by atoms with Crippen LogP contribution < -0.4 is 0 Å². The van der Waals surface area contributed by atoms with Crippen LogP contribution in [0.4, 0.5) is 0 Å². The molecule has 0 saturated heterocycles. The van der Waals surface area contributed by atoms with Crippen molar-refractivity contribution in [3.8, 4) is 0 Å². The summed E-state index contributed by atoms with van der Waals surface area (Å²) in [5, 5.41) is 39.8. The number of hydrogen-bond acceptors (Lipinski definition) is 4. The Labute approximate surface area is 213 Å². The van der Waals surface area contributed by atoms with Crippen molar-refractivity contribution in [1.29, 1.82) is 0 Å². The maximum absolute atomic E-state index is 12.2. The van der Waals surface area contributed by atoms with Crippen molar-refractivity contribution in [2.75, 3.05) is 0 Å². The van der Waals surface area contributed by atoms with Crippen LogP contribution in [0.15, 0.2) is 0 Å². The van der Waals surface area contributed by atoms with Crippen molar-refractivity contribution in [3.05, 3.63) is 33.4 Å². The quantitative estimate of drug-likeness (QED) is 0.159. The molecule has 1 aromatic carbocycles. The Balaban J connectivity index is 3.44. The minimum Gasteiger partial charge on any atom is -0.478 e. The minimum absolute atomic E-state index is 0.0129. The molecule has 0 spiro atoms. The summed E-state index contributed by atoms with van der Waals surface area (Å²) < 4.78 is 0. The summed E-state index contributed by atoms with van der Waals surface area (Å²) in [4.78, 5) is 49.0. The molecule has 36 heavy (non-hydrogen) atoms. The van der Waals surface area contributed by atoms with Crippen molar-refractivity contribution in [2.45, 2.75) is 105 Å². The molecule has 4 N–H and O–H groups in total. The van der Waals surface area contributed by atoms with Crippen LogP contribution in [0.25, 0.3) is 0 Å². The fourth-order valence-corrected chi connectivity index (χ4v) is 4.71. The summed E-state index contributed by atoms with van der Waals surface area (Å²) in [6, 6.07) is 0. The van der Waals surface area contributed by atoms with Gasteiger partial charge in [-0.25, -0.2) is 19.2 Å².